The molecule has 202 valence electrons. The van der Waals surface area contributed by atoms with Gasteiger partial charge in [0.15, 0.2) is 0 Å². The zero-order valence-corrected chi connectivity index (χ0v) is 22.9. The van der Waals surface area contributed by atoms with Gasteiger partial charge in [-0.3, -0.25) is 0 Å². The molecule has 1 atom stereocenters. The largest absolute Gasteiger partial charge is 0.508 e. The Labute approximate surface area is 225 Å². The maximum absolute atomic E-state index is 10.1. The van der Waals surface area contributed by atoms with Crippen molar-refractivity contribution in [2.45, 2.75) is 46.6 Å². The number of hydrogen-bond donors (Lipinski definition) is 2. The number of nitrogens with zero attached hydrogens (tertiary/aromatic N) is 1. The molecule has 3 aromatic rings. The number of nitrogens with one attached hydrogen (secondary N) is 1. The molecule has 0 amide bonds. The molecule has 1 unspecified atom stereocenters. The molecule has 0 bridgehead atoms. The Kier molecular flexibility index (Phi) is 11.1. The highest BCUT2D eigenvalue weighted by Gasteiger charge is 2.12. The minimum atomic E-state index is -0.144. The summed E-state index contributed by atoms with van der Waals surface area (Å²) in [5, 5.41) is 13.5. The maximum Gasteiger partial charge on any atom is 0.131 e. The predicted octanol–water partition coefficient (Wildman–Crippen LogP) is 7.86. The maximum atomic E-state index is 10.1. The van der Waals surface area contributed by atoms with Gasteiger partial charge < -0.3 is 29.4 Å². The number of rotatable bonds is 14. The van der Waals surface area contributed by atoms with Gasteiger partial charge in [-0.25, -0.2) is 4.98 Å². The molecule has 3 rings (SSSR count). The van der Waals surface area contributed by atoms with Crippen molar-refractivity contribution in [3.8, 4) is 23.0 Å². The average molecular weight is 519 g/mol. The molecule has 0 aliphatic carbocycles. The number of ether oxygens (including phenoxy) is 4. The molecular weight excluding hydrogens is 480 g/mol. The van der Waals surface area contributed by atoms with Crippen LogP contribution < -0.4 is 19.5 Å². The number of aliphatic hydroxyl groups is 1. The Morgan fingerprint density at radius 1 is 0.921 bits per heavy atom. The fraction of sp³-hybridized carbons (Fsp3) is 0.323. The van der Waals surface area contributed by atoms with Crippen LogP contribution in [0.2, 0.25) is 0 Å². The molecule has 7 heteroatoms. The SMILES string of the molecule is CCC=C(Nc1ccc(/C(O)=C\CC)cn1)c1cc(Oc2cccc(OCC)c2)cc(OC(C)COC)c1. The first-order valence-corrected chi connectivity index (χ1v) is 13.0. The van der Waals surface area contributed by atoms with Crippen molar-refractivity contribution in [2.75, 3.05) is 25.6 Å². The van der Waals surface area contributed by atoms with Gasteiger partial charge in [0.25, 0.3) is 0 Å². The first-order valence-electron chi connectivity index (χ1n) is 13.0. The van der Waals surface area contributed by atoms with E-state index < -0.39 is 0 Å². The van der Waals surface area contributed by atoms with Crippen molar-refractivity contribution in [1.29, 1.82) is 0 Å². The van der Waals surface area contributed by atoms with Crippen LogP contribution in [-0.4, -0.2) is 36.5 Å². The summed E-state index contributed by atoms with van der Waals surface area (Å²) < 4.78 is 23.3. The third kappa shape index (κ3) is 8.56. The lowest BCUT2D eigenvalue weighted by Crippen LogP contribution is -2.18. The third-order valence-electron chi connectivity index (χ3n) is 5.41. The minimum absolute atomic E-state index is 0.144. The number of methoxy groups -OCH3 is 1. The normalized spacial score (nSPS) is 12.7. The highest BCUT2D eigenvalue weighted by atomic mass is 16.5. The van der Waals surface area contributed by atoms with Gasteiger partial charge in [0.2, 0.25) is 0 Å². The predicted molar refractivity (Wildman–Crippen MR) is 153 cm³/mol. The molecule has 0 radical (unpaired) electrons. The second kappa shape index (κ2) is 14.7. The van der Waals surface area contributed by atoms with Gasteiger partial charge in [-0.1, -0.05) is 26.0 Å². The average Bonchev–Trinajstić information content (AvgIpc) is 2.89. The summed E-state index contributed by atoms with van der Waals surface area (Å²) in [5.41, 5.74) is 2.41. The lowest BCUT2D eigenvalue weighted by Gasteiger charge is -2.18. The highest BCUT2D eigenvalue weighted by molar-refractivity contribution is 5.77. The van der Waals surface area contributed by atoms with Crippen molar-refractivity contribution in [3.05, 3.63) is 84.1 Å². The van der Waals surface area contributed by atoms with E-state index >= 15 is 0 Å². The fourth-order valence-electron chi connectivity index (χ4n) is 3.80. The zero-order chi connectivity index (χ0) is 27.3. The van der Waals surface area contributed by atoms with Crippen LogP contribution in [0.4, 0.5) is 5.82 Å². The second-order valence-electron chi connectivity index (χ2n) is 8.67. The van der Waals surface area contributed by atoms with Crippen LogP contribution in [0.15, 0.2) is 72.9 Å². The van der Waals surface area contributed by atoms with Crippen molar-refractivity contribution >= 4 is 17.3 Å². The van der Waals surface area contributed by atoms with Gasteiger partial charge in [0, 0.05) is 42.3 Å². The first-order chi connectivity index (χ1) is 18.4. The lowest BCUT2D eigenvalue weighted by molar-refractivity contribution is 0.0919. The van der Waals surface area contributed by atoms with Crippen molar-refractivity contribution in [2.24, 2.45) is 0 Å². The van der Waals surface area contributed by atoms with E-state index in [-0.39, 0.29) is 11.9 Å². The number of hydrogen-bond acceptors (Lipinski definition) is 7. The summed E-state index contributed by atoms with van der Waals surface area (Å²) in [5.74, 6) is 3.57. The summed E-state index contributed by atoms with van der Waals surface area (Å²) in [6, 6.07) is 17.0. The standard InChI is InChI=1S/C31H38N2O5/c1-6-10-29(33-31-15-14-23(20-32-31)30(34)11-7-2)24-16-27(37-22(4)21-35-5)19-28(17-24)38-26-13-9-12-25(18-26)36-8-3/h9-20,22,34H,6-8,21H2,1-5H3,(H,32,33)/b29-10?,30-11+. The number of pyridine rings is 1. The lowest BCUT2D eigenvalue weighted by atomic mass is 10.1. The number of aliphatic hydroxyl groups excluding tert-OH is 1. The zero-order valence-electron chi connectivity index (χ0n) is 22.9. The second-order valence-corrected chi connectivity index (χ2v) is 8.67. The van der Waals surface area contributed by atoms with Crippen LogP contribution in [0.25, 0.3) is 11.5 Å². The topological polar surface area (TPSA) is 82.1 Å². The summed E-state index contributed by atoms with van der Waals surface area (Å²) in [6.45, 7) is 8.99. The smallest absolute Gasteiger partial charge is 0.131 e. The van der Waals surface area contributed by atoms with E-state index in [9.17, 15) is 5.11 Å². The van der Waals surface area contributed by atoms with E-state index in [1.807, 2.05) is 75.4 Å². The molecule has 0 aliphatic rings. The molecule has 1 heterocycles. The molecule has 0 saturated carbocycles. The number of aromatic nitrogens is 1. The molecule has 2 aromatic carbocycles. The Morgan fingerprint density at radius 3 is 2.34 bits per heavy atom. The molecule has 0 saturated heterocycles. The van der Waals surface area contributed by atoms with Crippen LogP contribution in [0.5, 0.6) is 23.0 Å². The van der Waals surface area contributed by atoms with Crippen molar-refractivity contribution < 1.29 is 24.1 Å². The molecule has 2 N–H and O–H groups in total. The summed E-state index contributed by atoms with van der Waals surface area (Å²) in [6.07, 6.45) is 6.90. The highest BCUT2D eigenvalue weighted by Crippen LogP contribution is 2.33. The van der Waals surface area contributed by atoms with Gasteiger partial charge in [-0.05, 0) is 69.2 Å². The number of benzene rings is 2. The molecule has 0 aliphatic heterocycles. The number of anilines is 1. The number of allylic oxidation sites excluding steroid dienone is 2. The van der Waals surface area contributed by atoms with Crippen LogP contribution in [-0.2, 0) is 4.74 Å². The monoisotopic (exact) mass is 518 g/mol. The molecule has 0 fully saturated rings. The van der Waals surface area contributed by atoms with E-state index in [0.29, 0.717) is 41.8 Å². The van der Waals surface area contributed by atoms with Crippen LogP contribution in [0.1, 0.15) is 51.7 Å². The van der Waals surface area contributed by atoms with E-state index in [4.69, 9.17) is 18.9 Å². The quantitative estimate of drug-likeness (QED) is 0.210. The van der Waals surface area contributed by atoms with E-state index in [0.717, 1.165) is 29.9 Å². The van der Waals surface area contributed by atoms with Crippen LogP contribution in [0, 0.1) is 0 Å². The van der Waals surface area contributed by atoms with Crippen molar-refractivity contribution in [3.63, 3.8) is 0 Å². The minimum Gasteiger partial charge on any atom is -0.508 e. The Morgan fingerprint density at radius 2 is 1.66 bits per heavy atom. The van der Waals surface area contributed by atoms with E-state index in [2.05, 4.69) is 23.3 Å². The summed E-state index contributed by atoms with van der Waals surface area (Å²) in [4.78, 5) is 4.50. The van der Waals surface area contributed by atoms with Gasteiger partial charge in [-0.15, -0.1) is 0 Å². The molecule has 38 heavy (non-hydrogen) atoms. The Hall–Kier alpha value is -3.97. The van der Waals surface area contributed by atoms with Gasteiger partial charge in [0.1, 0.15) is 40.7 Å². The molecule has 1 aromatic heterocycles. The Balaban J connectivity index is 1.94. The first kappa shape index (κ1) is 28.6. The van der Waals surface area contributed by atoms with Gasteiger partial charge in [-0.2, -0.15) is 0 Å². The molecular formula is C31H38N2O5. The van der Waals surface area contributed by atoms with Gasteiger partial charge in [0.05, 0.1) is 13.2 Å². The van der Waals surface area contributed by atoms with E-state index in [1.165, 1.54) is 0 Å². The Bertz CT molecular complexity index is 1220. The third-order valence-corrected chi connectivity index (χ3v) is 5.41. The van der Waals surface area contributed by atoms with Crippen molar-refractivity contribution in [1.82, 2.24) is 4.98 Å². The molecule has 7 nitrogen and oxygen atoms in total. The summed E-state index contributed by atoms with van der Waals surface area (Å²) in [7, 11) is 1.65. The van der Waals surface area contributed by atoms with Crippen LogP contribution in [0.3, 0.4) is 0 Å². The van der Waals surface area contributed by atoms with E-state index in [1.54, 1.807) is 19.4 Å². The van der Waals surface area contributed by atoms with Gasteiger partial charge >= 0.3 is 0 Å². The fourth-order valence-corrected chi connectivity index (χ4v) is 3.80. The summed E-state index contributed by atoms with van der Waals surface area (Å²) >= 11 is 0. The molecule has 0 spiro atoms. The van der Waals surface area contributed by atoms with Crippen LogP contribution >= 0.6 is 0 Å².